The molecule has 4 aromatic carbocycles. The number of thioether (sulfide) groups is 4. The summed E-state index contributed by atoms with van der Waals surface area (Å²) in [5.74, 6) is 7.78. The Kier molecular flexibility index (Phi) is 40.4. The van der Waals surface area contributed by atoms with Gasteiger partial charge < -0.3 is 84.7 Å². The maximum absolute atomic E-state index is 13.3. The highest BCUT2D eigenvalue weighted by atomic mass is 32.2. The van der Waals surface area contributed by atoms with E-state index < -0.39 is 0 Å². The minimum absolute atomic E-state index is 0.0148. The predicted molar refractivity (Wildman–Crippen MR) is 596 cm³/mol. The van der Waals surface area contributed by atoms with Gasteiger partial charge in [0.1, 0.15) is 23.0 Å². The molecule has 4 aliphatic rings. The molecule has 0 saturated carbocycles. The van der Waals surface area contributed by atoms with Crippen LogP contribution in [-0.2, 0) is 63.8 Å². The summed E-state index contributed by atoms with van der Waals surface area (Å²) in [6.45, 7) is 41.5. The van der Waals surface area contributed by atoms with Gasteiger partial charge in [0.15, 0.2) is 20.5 Å². The van der Waals surface area contributed by atoms with Crippen molar-refractivity contribution in [3.8, 4) is 0 Å². The fourth-order valence-electron chi connectivity index (χ4n) is 15.5. The van der Waals surface area contributed by atoms with Gasteiger partial charge in [-0.3, -0.25) is 38.4 Å². The van der Waals surface area contributed by atoms with E-state index in [1.807, 2.05) is 69.6 Å². The van der Waals surface area contributed by atoms with Gasteiger partial charge in [0, 0.05) is 156 Å². The fraction of sp³-hybridized carbons (Fsp3) is 0.402. The van der Waals surface area contributed by atoms with Crippen LogP contribution in [0.15, 0.2) is 231 Å². The Labute approximate surface area is 897 Å². The number of hydrogen-bond acceptors (Lipinski definition) is 33. The first kappa shape index (κ1) is 113. The van der Waals surface area contributed by atoms with Crippen LogP contribution in [0.2, 0.25) is 0 Å². The Morgan fingerprint density at radius 3 is 0.878 bits per heavy atom. The third kappa shape index (κ3) is 34.8. The van der Waals surface area contributed by atoms with Gasteiger partial charge >= 0.3 is 0 Å². The molecule has 12 heterocycles. The number of hydrogen-bond donors (Lipinski definition) is 8. The Morgan fingerprint density at radius 1 is 0.358 bits per heavy atom. The number of nitrogens with one attached hydrogen (secondary N) is 8. The second-order valence-electron chi connectivity index (χ2n) is 40.1. The third-order valence-corrected chi connectivity index (χ3v) is 31.9. The smallest absolute Gasteiger partial charge is 0.253 e. The van der Waals surface area contributed by atoms with E-state index in [1.54, 1.807) is 214 Å². The number of carbonyl (C=O) groups is 8. The Morgan fingerprint density at radius 2 is 0.622 bits per heavy atom. The zero-order valence-corrected chi connectivity index (χ0v) is 92.5. The van der Waals surface area contributed by atoms with Crippen molar-refractivity contribution in [3.63, 3.8) is 0 Å². The second-order valence-corrected chi connectivity index (χ2v) is 49.3. The maximum Gasteiger partial charge on any atom is 0.253 e. The molecule has 4 atom stereocenters. The normalized spacial score (nSPS) is 16.0. The molecule has 0 spiro atoms. The minimum Gasteiger partial charge on any atom is -0.444 e. The Balaban J connectivity index is 0.000000165. The summed E-state index contributed by atoms with van der Waals surface area (Å²) < 4.78 is 27.8. The van der Waals surface area contributed by atoms with Gasteiger partial charge in [-0.1, -0.05) is 166 Å². The van der Waals surface area contributed by atoms with Gasteiger partial charge in [-0.25, -0.2) is 39.9 Å². The average molecular weight is 2160 g/mol. The van der Waals surface area contributed by atoms with E-state index in [4.69, 9.17) is 17.7 Å². The number of aromatic nitrogens is 8. The van der Waals surface area contributed by atoms with Crippen molar-refractivity contribution in [3.05, 3.63) is 266 Å². The van der Waals surface area contributed by atoms with Gasteiger partial charge in [-0.2, -0.15) is 0 Å². The molecular weight excluding hydrogens is 2030 g/mol. The summed E-state index contributed by atoms with van der Waals surface area (Å²) in [6, 6.07) is 28.5. The van der Waals surface area contributed by atoms with Crippen molar-refractivity contribution >= 4 is 183 Å². The first-order valence-electron chi connectivity index (χ1n) is 48.9. The SMILES string of the molecule is C=CC(=O)Nc1ccc(C(=O)N2CCCC(Nc3ncc(SCc4ncc(C(C)(C)C)o4)s3)C2)cc1.C=CC(=O)Nc1ccc(C(=O)N2CCC[C@@H](Nc3ncc(SCc4ncc(C(C)(C)C)o4)s3)C2)cc1.C=CC(=O)Nc1cccc(C(=O)N2CCCC(Nc3ncc(SCc4ncc(C(C)(C)C)o4)s3)C2)c1.CN(C)C/C=C/C(=O)Nc1cccc(C(=O)N2CCCC(Nc3ncc(SCc4ncc(C(C)(C)C)o4)s3)C2)c1. The third-order valence-electron chi connectivity index (χ3n) is 23.5. The summed E-state index contributed by atoms with van der Waals surface area (Å²) in [5, 5.41) is 28.3. The van der Waals surface area contributed by atoms with E-state index in [0.29, 0.717) is 137 Å². The van der Waals surface area contributed by atoms with Crippen LogP contribution in [0.1, 0.15) is 222 Å². The molecule has 41 heteroatoms. The van der Waals surface area contributed by atoms with E-state index in [-0.39, 0.29) is 93.1 Å². The molecular formula is C107H131N21O12S8. The monoisotopic (exact) mass is 2160 g/mol. The van der Waals surface area contributed by atoms with Crippen LogP contribution in [-0.4, -0.2) is 209 Å². The maximum atomic E-state index is 13.3. The lowest BCUT2D eigenvalue weighted by atomic mass is 9.94. The summed E-state index contributed by atoms with van der Waals surface area (Å²) in [6.07, 6.45) is 29.2. The summed E-state index contributed by atoms with van der Waals surface area (Å²) in [7, 11) is 3.88. The van der Waals surface area contributed by atoms with E-state index >= 15 is 0 Å². The quantitative estimate of drug-likeness (QED) is 0.0137. The number of oxazole rings is 4. The van der Waals surface area contributed by atoms with Gasteiger partial charge in [0.2, 0.25) is 47.2 Å². The van der Waals surface area contributed by atoms with Crippen LogP contribution in [0, 0.1) is 0 Å². The number of carbonyl (C=O) groups excluding carboxylic acids is 8. The van der Waals surface area contributed by atoms with Gasteiger partial charge in [0.05, 0.1) is 89.4 Å². The number of piperidine rings is 4. The minimum atomic E-state index is -0.308. The molecule has 0 aliphatic carbocycles. The van der Waals surface area contributed by atoms with Crippen LogP contribution in [0.5, 0.6) is 0 Å². The average Bonchev–Trinajstić information content (AvgIpc) is 1.45. The van der Waals surface area contributed by atoms with E-state index in [9.17, 15) is 38.4 Å². The van der Waals surface area contributed by atoms with Crippen LogP contribution >= 0.6 is 92.4 Å². The fourth-order valence-corrected chi connectivity index (χ4v) is 22.7. The highest BCUT2D eigenvalue weighted by molar-refractivity contribution is 8.01. The van der Waals surface area contributed by atoms with Gasteiger partial charge in [0.25, 0.3) is 23.6 Å². The predicted octanol–water partition coefficient (Wildman–Crippen LogP) is 22.2. The van der Waals surface area contributed by atoms with Crippen LogP contribution in [0.3, 0.4) is 0 Å². The standard InChI is InChI=1S/C29H38N6O3S2.3C26H31N5O3S2/c1-29(2,3)23-16-30-25(38-23)19-39-26-17-31-28(40-26)33-22-11-7-14-35(18-22)27(37)20-9-6-10-21(15-20)32-24(36)12-8-13-34(4)5;1-5-21(32)29-18-9-6-8-17(12-18)24(33)31-11-7-10-19(15-31)30-25-28-14-23(36-25)35-16-22-27-13-20(34-22)26(2,3)4;2*1-5-21(32)29-18-10-8-17(9-11-18)24(33)31-12-6-7-19(15-31)30-25-28-14-23(36-25)35-16-22-27-13-20(34-22)26(2,3)4/h6,8-10,12,15-17,22H,7,11,13-14,18-19H2,1-5H3,(H,31,33)(H,32,36);5-6,8-9,12-14,19H,1,7,10-11,15-16H2,2-4H3,(H,28,30)(H,29,32);2*5,8-11,13-14,19H,1,6-7,12,15-16H2,2-4H3,(H,28,30)(H,29,32)/b12-8+;;;/t;;19-;/m..1./s1. The molecule has 0 bridgehead atoms. The first-order chi connectivity index (χ1) is 70.7. The number of thiazole rings is 4. The molecule has 12 aromatic rings. The Hall–Kier alpha value is -12.5. The van der Waals surface area contributed by atoms with Crippen LogP contribution in [0.25, 0.3) is 0 Å². The van der Waals surface area contributed by atoms with E-state index in [0.717, 1.165) is 125 Å². The molecule has 0 radical (unpaired) electrons. The summed E-state index contributed by atoms with van der Waals surface area (Å²) in [5.41, 5.74) is 4.51. The van der Waals surface area contributed by atoms with Crippen LogP contribution < -0.4 is 42.5 Å². The Bertz CT molecular complexity index is 6340. The van der Waals surface area contributed by atoms with Gasteiger partial charge in [-0.05, 0) is 169 Å². The lowest BCUT2D eigenvalue weighted by Gasteiger charge is -2.33. The molecule has 3 unspecified atom stereocenters. The largest absolute Gasteiger partial charge is 0.444 e. The molecule has 4 aliphatic heterocycles. The number of likely N-dealkylation sites (N-methyl/N-ethyl adjacent to an activating group) is 1. The molecule has 4 fully saturated rings. The number of rotatable bonds is 34. The van der Waals surface area contributed by atoms with E-state index in [1.165, 1.54) is 24.3 Å². The molecule has 784 valence electrons. The van der Waals surface area contributed by atoms with Crippen molar-refractivity contribution < 1.29 is 56.0 Å². The van der Waals surface area contributed by atoms with Crippen molar-refractivity contribution in [2.24, 2.45) is 0 Å². The molecule has 8 amide bonds. The summed E-state index contributed by atoms with van der Waals surface area (Å²) >= 11 is 13.0. The van der Waals surface area contributed by atoms with Crippen molar-refractivity contribution in [1.82, 2.24) is 64.4 Å². The second kappa shape index (κ2) is 53.1. The molecule has 148 heavy (non-hydrogen) atoms. The van der Waals surface area contributed by atoms with Crippen LogP contribution in [0.4, 0.5) is 43.3 Å². The number of benzene rings is 4. The number of amides is 8. The molecule has 33 nitrogen and oxygen atoms in total. The van der Waals surface area contributed by atoms with E-state index in [2.05, 4.69) is 185 Å². The lowest BCUT2D eigenvalue weighted by molar-refractivity contribution is -0.112. The molecule has 8 aromatic heterocycles. The molecule has 8 N–H and O–H groups in total. The van der Waals surface area contributed by atoms with Gasteiger partial charge in [-0.15, -0.1) is 47.0 Å². The lowest BCUT2D eigenvalue weighted by Crippen LogP contribution is -2.45. The first-order valence-corrected chi connectivity index (χ1v) is 56.1. The highest BCUT2D eigenvalue weighted by Gasteiger charge is 2.33. The zero-order chi connectivity index (χ0) is 106. The zero-order valence-electron chi connectivity index (χ0n) is 86.0. The topological polar surface area (TPSA) is 405 Å². The van der Waals surface area contributed by atoms with Crippen molar-refractivity contribution in [1.29, 1.82) is 0 Å². The molecule has 16 rings (SSSR count). The number of likely N-dealkylation sites (tertiary alicyclic amines) is 4. The number of anilines is 8. The van der Waals surface area contributed by atoms with Crippen molar-refractivity contribution in [2.45, 2.75) is 220 Å². The van der Waals surface area contributed by atoms with Crippen molar-refractivity contribution in [2.75, 3.05) is 116 Å². The highest BCUT2D eigenvalue weighted by Crippen LogP contribution is 2.40. The summed E-state index contributed by atoms with van der Waals surface area (Å²) in [4.78, 5) is 144. The molecule has 4 saturated heterocycles. The number of nitrogens with zero attached hydrogens (tertiary/aromatic N) is 13.